The van der Waals surface area contributed by atoms with Crippen LogP contribution in [0.2, 0.25) is 5.02 Å². The van der Waals surface area contributed by atoms with Gasteiger partial charge in [-0.25, -0.2) is 27.3 Å². The molecule has 0 unspecified atom stereocenters. The third-order valence-corrected chi connectivity index (χ3v) is 7.57. The summed E-state index contributed by atoms with van der Waals surface area (Å²) in [5.74, 6) is -1.02. The summed E-state index contributed by atoms with van der Waals surface area (Å²) in [5, 5.41) is 12.5. The van der Waals surface area contributed by atoms with Crippen LogP contribution in [0, 0.1) is 11.6 Å². The van der Waals surface area contributed by atoms with E-state index >= 15 is 0 Å². The summed E-state index contributed by atoms with van der Waals surface area (Å²) in [6, 6.07) is 10.0. The molecule has 1 aliphatic rings. The van der Waals surface area contributed by atoms with E-state index in [0.29, 0.717) is 25.9 Å². The van der Waals surface area contributed by atoms with Crippen molar-refractivity contribution in [3.63, 3.8) is 0 Å². The van der Waals surface area contributed by atoms with Crippen LogP contribution in [0.1, 0.15) is 34.7 Å². The molecule has 3 heterocycles. The number of nitrogens with zero attached hydrogens (tertiary/aromatic N) is 4. The summed E-state index contributed by atoms with van der Waals surface area (Å²) in [6.07, 6.45) is 3.60. The van der Waals surface area contributed by atoms with Crippen molar-refractivity contribution < 1.29 is 22.0 Å². The normalized spacial score (nSPS) is 14.8. The Morgan fingerprint density at radius 1 is 1.05 bits per heavy atom. The summed E-state index contributed by atoms with van der Waals surface area (Å²) in [5.41, 5.74) is 1.12. The van der Waals surface area contributed by atoms with E-state index in [-0.39, 0.29) is 50.3 Å². The summed E-state index contributed by atoms with van der Waals surface area (Å²) in [4.78, 5) is 19.1. The highest BCUT2D eigenvalue weighted by Crippen LogP contribution is 2.32. The summed E-state index contributed by atoms with van der Waals surface area (Å²) >= 11 is 6.23. The van der Waals surface area contributed by atoms with Crippen molar-refractivity contribution in [3.8, 4) is 0 Å². The Labute approximate surface area is 215 Å². The van der Waals surface area contributed by atoms with Crippen molar-refractivity contribution in [2.75, 3.05) is 18.4 Å². The molecule has 1 amide bonds. The van der Waals surface area contributed by atoms with Gasteiger partial charge >= 0.3 is 0 Å². The third kappa shape index (κ3) is 4.99. The molecule has 13 heteroatoms. The minimum absolute atomic E-state index is 0.0538. The topological polar surface area (TPSA) is 123 Å². The van der Waals surface area contributed by atoms with Gasteiger partial charge < -0.3 is 10.2 Å². The van der Waals surface area contributed by atoms with E-state index in [0.717, 1.165) is 22.3 Å². The van der Waals surface area contributed by atoms with Crippen LogP contribution in [-0.4, -0.2) is 46.9 Å². The monoisotopic (exact) mass is 546 g/mol. The van der Waals surface area contributed by atoms with E-state index in [1.54, 1.807) is 17.0 Å². The van der Waals surface area contributed by atoms with E-state index in [1.807, 2.05) is 0 Å². The quantitative estimate of drug-likeness (QED) is 0.389. The van der Waals surface area contributed by atoms with Gasteiger partial charge in [0.05, 0.1) is 16.9 Å². The van der Waals surface area contributed by atoms with Crippen molar-refractivity contribution in [2.45, 2.75) is 23.7 Å². The van der Waals surface area contributed by atoms with Gasteiger partial charge in [-0.1, -0.05) is 23.7 Å². The van der Waals surface area contributed by atoms with E-state index in [2.05, 4.69) is 15.4 Å². The fourth-order valence-electron chi connectivity index (χ4n) is 4.43. The number of hydrogen-bond acceptors (Lipinski definition) is 6. The predicted octanol–water partition coefficient (Wildman–Crippen LogP) is 4.07. The van der Waals surface area contributed by atoms with Gasteiger partial charge in [0.1, 0.15) is 27.9 Å². The number of anilines is 2. The second-order valence-corrected chi connectivity index (χ2v) is 10.6. The van der Waals surface area contributed by atoms with Crippen molar-refractivity contribution >= 4 is 44.7 Å². The van der Waals surface area contributed by atoms with Crippen molar-refractivity contribution in [3.05, 3.63) is 82.6 Å². The van der Waals surface area contributed by atoms with Crippen LogP contribution in [0.25, 0.3) is 5.65 Å². The highest BCUT2D eigenvalue weighted by molar-refractivity contribution is 7.89. The Bertz CT molecular complexity index is 1600. The van der Waals surface area contributed by atoms with Crippen LogP contribution in [0.3, 0.4) is 0 Å². The third-order valence-electron chi connectivity index (χ3n) is 6.34. The lowest BCUT2D eigenvalue weighted by Crippen LogP contribution is -2.38. The zero-order valence-electron chi connectivity index (χ0n) is 19.2. The molecule has 2 aromatic carbocycles. The molecule has 0 saturated carbocycles. The van der Waals surface area contributed by atoms with Gasteiger partial charge in [0.2, 0.25) is 10.0 Å². The number of carbonyl (C=O) groups excluding carboxylic acids is 1. The van der Waals surface area contributed by atoms with Crippen LogP contribution < -0.4 is 10.5 Å². The largest absolute Gasteiger partial charge is 0.338 e. The SMILES string of the molecule is NS(=O)(=O)c1cnn2c(Nc3cc(F)ccc3Cl)c(C(=O)N3CCC(c4ccc(F)cc4)CC3)cnc12. The molecule has 2 aromatic heterocycles. The van der Waals surface area contributed by atoms with Crippen molar-refractivity contribution in [1.82, 2.24) is 19.5 Å². The predicted molar refractivity (Wildman–Crippen MR) is 133 cm³/mol. The summed E-state index contributed by atoms with van der Waals surface area (Å²) in [6.45, 7) is 0.862. The molecule has 9 nitrogen and oxygen atoms in total. The van der Waals surface area contributed by atoms with Gasteiger partial charge in [-0.15, -0.1) is 0 Å². The lowest BCUT2D eigenvalue weighted by Gasteiger charge is -2.32. The van der Waals surface area contributed by atoms with Crippen LogP contribution in [-0.2, 0) is 10.0 Å². The van der Waals surface area contributed by atoms with Gasteiger partial charge in [-0.2, -0.15) is 9.61 Å². The molecule has 0 radical (unpaired) electrons. The number of benzene rings is 2. The maximum absolute atomic E-state index is 13.9. The number of primary sulfonamides is 1. The van der Waals surface area contributed by atoms with E-state index in [9.17, 15) is 22.0 Å². The minimum atomic E-state index is -4.16. The lowest BCUT2D eigenvalue weighted by molar-refractivity contribution is 0.0713. The zero-order chi connectivity index (χ0) is 26.3. The molecular formula is C24H21ClF2N6O3S. The van der Waals surface area contributed by atoms with E-state index < -0.39 is 15.8 Å². The van der Waals surface area contributed by atoms with Gasteiger partial charge in [0.25, 0.3) is 5.91 Å². The average Bonchev–Trinajstić information content (AvgIpc) is 3.32. The number of amides is 1. The smallest absolute Gasteiger partial charge is 0.259 e. The number of rotatable bonds is 5. The number of fused-ring (bicyclic) bond motifs is 1. The Morgan fingerprint density at radius 3 is 2.41 bits per heavy atom. The number of halogens is 3. The summed E-state index contributed by atoms with van der Waals surface area (Å²) < 4.78 is 52.4. The minimum Gasteiger partial charge on any atom is -0.338 e. The lowest BCUT2D eigenvalue weighted by atomic mass is 9.89. The fraction of sp³-hybridized carbons (Fsp3) is 0.208. The van der Waals surface area contributed by atoms with Crippen molar-refractivity contribution in [2.24, 2.45) is 5.14 Å². The molecule has 192 valence electrons. The number of sulfonamides is 1. The molecule has 3 N–H and O–H groups in total. The molecule has 5 rings (SSSR count). The number of aromatic nitrogens is 3. The van der Waals surface area contributed by atoms with Crippen LogP contribution in [0.4, 0.5) is 20.3 Å². The van der Waals surface area contributed by atoms with E-state index in [1.165, 1.54) is 30.5 Å². The van der Waals surface area contributed by atoms with Crippen molar-refractivity contribution in [1.29, 1.82) is 0 Å². The highest BCUT2D eigenvalue weighted by atomic mass is 35.5. The molecule has 0 atom stereocenters. The Kier molecular flexibility index (Phi) is 6.56. The number of carbonyl (C=O) groups is 1. The van der Waals surface area contributed by atoms with Gasteiger partial charge in [0, 0.05) is 19.3 Å². The van der Waals surface area contributed by atoms with Crippen LogP contribution >= 0.6 is 11.6 Å². The van der Waals surface area contributed by atoms with Gasteiger partial charge in [0.15, 0.2) is 5.65 Å². The maximum atomic E-state index is 13.9. The number of nitrogens with one attached hydrogen (secondary N) is 1. The van der Waals surface area contributed by atoms with Gasteiger partial charge in [-0.3, -0.25) is 4.79 Å². The highest BCUT2D eigenvalue weighted by Gasteiger charge is 2.29. The molecule has 1 fully saturated rings. The second-order valence-electron chi connectivity index (χ2n) is 8.68. The molecule has 1 aliphatic heterocycles. The van der Waals surface area contributed by atoms with E-state index in [4.69, 9.17) is 16.7 Å². The molecule has 37 heavy (non-hydrogen) atoms. The fourth-order valence-corrected chi connectivity index (χ4v) is 5.18. The first-order chi connectivity index (χ1) is 17.6. The van der Waals surface area contributed by atoms with Gasteiger partial charge in [-0.05, 0) is 54.7 Å². The molecule has 1 saturated heterocycles. The molecular weight excluding hydrogens is 526 g/mol. The second kappa shape index (κ2) is 9.69. The first-order valence-electron chi connectivity index (χ1n) is 11.3. The maximum Gasteiger partial charge on any atom is 0.259 e. The number of likely N-dealkylation sites (tertiary alicyclic amines) is 1. The van der Waals surface area contributed by atoms with Crippen LogP contribution in [0.5, 0.6) is 0 Å². The first kappa shape index (κ1) is 25.1. The number of hydrogen-bond donors (Lipinski definition) is 2. The molecule has 0 bridgehead atoms. The Morgan fingerprint density at radius 2 is 1.73 bits per heavy atom. The average molecular weight is 547 g/mol. The summed E-state index contributed by atoms with van der Waals surface area (Å²) in [7, 11) is -4.16. The molecule has 4 aromatic rings. The molecule has 0 aliphatic carbocycles. The van der Waals surface area contributed by atoms with Crippen LogP contribution in [0.15, 0.2) is 59.8 Å². The standard InChI is InChI=1S/C24H21ClF2N6O3S/c25-19-6-5-17(27)11-20(19)31-22-18(12-29-23-21(37(28,35)36)13-30-33(22)23)24(34)32-9-7-15(8-10-32)14-1-3-16(26)4-2-14/h1-6,11-13,15,31H,7-10H2,(H2,28,35,36). The number of piperidine rings is 1. The Balaban J connectivity index is 1.50. The molecule has 0 spiro atoms. The first-order valence-corrected chi connectivity index (χ1v) is 13.2. The Hall–Kier alpha value is -3.61. The zero-order valence-corrected chi connectivity index (χ0v) is 20.8. The number of nitrogens with two attached hydrogens (primary N) is 1.